The number of para-hydroxylation sites is 1. The molecule has 6 nitrogen and oxygen atoms in total. The monoisotopic (exact) mass is 451 g/mol. The Morgan fingerprint density at radius 1 is 0.971 bits per heavy atom. The van der Waals surface area contributed by atoms with Crippen molar-refractivity contribution in [1.82, 2.24) is 0 Å². The summed E-state index contributed by atoms with van der Waals surface area (Å²) in [5.74, 6) is -0.242. The second-order valence-electron chi connectivity index (χ2n) is 7.99. The first-order valence-corrected chi connectivity index (χ1v) is 11.0. The lowest BCUT2D eigenvalue weighted by Crippen LogP contribution is -2.41. The third-order valence-corrected chi connectivity index (χ3v) is 5.98. The standard InChI is InChI=1S/C28H25N3O3/c1-20-28(23-13-8-22(18-29)9-14-23)31(24-6-4-3-5-7-24)26(19-32)30(20)25-15-10-21(11-16-25)12-17-27(33)34-2/h3-11,13-16,19,26H,12,17H2,1-2H3. The quantitative estimate of drug-likeness (QED) is 0.376. The van der Waals surface area contributed by atoms with Gasteiger partial charge in [-0.15, -0.1) is 0 Å². The van der Waals surface area contributed by atoms with Gasteiger partial charge in [0.25, 0.3) is 0 Å². The molecule has 0 saturated carbocycles. The molecule has 0 saturated heterocycles. The van der Waals surface area contributed by atoms with Gasteiger partial charge in [-0.3, -0.25) is 9.59 Å². The van der Waals surface area contributed by atoms with Crippen LogP contribution in [0.4, 0.5) is 11.4 Å². The summed E-state index contributed by atoms with van der Waals surface area (Å²) < 4.78 is 4.73. The number of benzene rings is 3. The highest BCUT2D eigenvalue weighted by Gasteiger charge is 2.38. The molecule has 1 unspecified atom stereocenters. The molecule has 3 aromatic rings. The maximum atomic E-state index is 12.5. The first kappa shape index (κ1) is 22.8. The van der Waals surface area contributed by atoms with Crippen LogP contribution in [0.5, 0.6) is 0 Å². The van der Waals surface area contributed by atoms with Crippen molar-refractivity contribution >= 4 is 29.3 Å². The van der Waals surface area contributed by atoms with Gasteiger partial charge < -0.3 is 14.5 Å². The number of nitrogens with zero attached hydrogens (tertiary/aromatic N) is 3. The zero-order chi connectivity index (χ0) is 24.1. The molecule has 4 rings (SSSR count). The summed E-state index contributed by atoms with van der Waals surface area (Å²) in [6.07, 6.45) is 1.28. The molecule has 170 valence electrons. The molecule has 0 aliphatic carbocycles. The van der Waals surface area contributed by atoms with Gasteiger partial charge in [-0.2, -0.15) is 5.26 Å². The fourth-order valence-electron chi connectivity index (χ4n) is 4.30. The van der Waals surface area contributed by atoms with E-state index in [-0.39, 0.29) is 5.97 Å². The number of aldehydes is 1. The molecule has 3 aromatic carbocycles. The van der Waals surface area contributed by atoms with Crippen LogP contribution >= 0.6 is 0 Å². The minimum atomic E-state index is -0.575. The summed E-state index contributed by atoms with van der Waals surface area (Å²) in [6.45, 7) is 2.00. The first-order chi connectivity index (χ1) is 16.6. The summed E-state index contributed by atoms with van der Waals surface area (Å²) in [5, 5.41) is 9.20. The van der Waals surface area contributed by atoms with Crippen molar-refractivity contribution in [2.24, 2.45) is 0 Å². The molecular formula is C28H25N3O3. The van der Waals surface area contributed by atoms with Gasteiger partial charge in [0.05, 0.1) is 24.4 Å². The number of aryl methyl sites for hydroxylation is 1. The molecule has 1 aliphatic heterocycles. The molecule has 0 fully saturated rings. The predicted octanol–water partition coefficient (Wildman–Crippen LogP) is 4.90. The topological polar surface area (TPSA) is 73.6 Å². The zero-order valence-electron chi connectivity index (χ0n) is 19.1. The molecule has 6 heteroatoms. The van der Waals surface area contributed by atoms with Gasteiger partial charge in [-0.1, -0.05) is 42.5 Å². The smallest absolute Gasteiger partial charge is 0.305 e. The van der Waals surface area contributed by atoms with Gasteiger partial charge in [0, 0.05) is 29.1 Å². The number of esters is 1. The fraction of sp³-hybridized carbons (Fsp3) is 0.179. The number of hydrogen-bond donors (Lipinski definition) is 0. The lowest BCUT2D eigenvalue weighted by atomic mass is 10.1. The lowest BCUT2D eigenvalue weighted by molar-refractivity contribution is -0.140. The van der Waals surface area contributed by atoms with E-state index in [1.807, 2.05) is 83.5 Å². The molecule has 0 N–H and O–H groups in total. The Hall–Kier alpha value is -4.37. The van der Waals surface area contributed by atoms with Crippen LogP contribution < -0.4 is 9.80 Å². The lowest BCUT2D eigenvalue weighted by Gasteiger charge is -2.31. The Bertz CT molecular complexity index is 1240. The molecule has 34 heavy (non-hydrogen) atoms. The molecule has 1 heterocycles. The Labute approximate surface area is 199 Å². The molecule has 1 aliphatic rings. The van der Waals surface area contributed by atoms with Crippen molar-refractivity contribution < 1.29 is 14.3 Å². The molecule has 0 aromatic heterocycles. The van der Waals surface area contributed by atoms with Gasteiger partial charge in [-0.25, -0.2) is 0 Å². The van der Waals surface area contributed by atoms with Crippen LogP contribution in [0.25, 0.3) is 5.70 Å². The number of allylic oxidation sites excluding steroid dienone is 1. The maximum absolute atomic E-state index is 12.5. The third kappa shape index (κ3) is 4.41. The summed E-state index contributed by atoms with van der Waals surface area (Å²) in [7, 11) is 1.39. The van der Waals surface area contributed by atoms with Crippen LogP contribution in [-0.4, -0.2) is 25.5 Å². The van der Waals surface area contributed by atoms with Crippen LogP contribution in [-0.2, 0) is 20.7 Å². The zero-order valence-corrected chi connectivity index (χ0v) is 19.1. The number of ether oxygens (including phenoxy) is 1. The van der Waals surface area contributed by atoms with Crippen molar-refractivity contribution in [3.05, 3.63) is 101 Å². The van der Waals surface area contributed by atoms with Gasteiger partial charge in [0.2, 0.25) is 0 Å². The predicted molar refractivity (Wildman–Crippen MR) is 132 cm³/mol. The van der Waals surface area contributed by atoms with Gasteiger partial charge in [0.15, 0.2) is 12.5 Å². The van der Waals surface area contributed by atoms with E-state index in [9.17, 15) is 14.9 Å². The van der Waals surface area contributed by atoms with E-state index in [0.717, 1.165) is 40.2 Å². The average molecular weight is 452 g/mol. The molecule has 0 spiro atoms. The highest BCUT2D eigenvalue weighted by Crippen LogP contribution is 2.41. The molecule has 0 amide bonds. The van der Waals surface area contributed by atoms with Crippen molar-refractivity contribution in [3.8, 4) is 6.07 Å². The second kappa shape index (κ2) is 10.1. The summed E-state index contributed by atoms with van der Waals surface area (Å²) in [6, 6.07) is 27.2. The van der Waals surface area contributed by atoms with E-state index < -0.39 is 6.17 Å². The molecule has 0 radical (unpaired) electrons. The van der Waals surface area contributed by atoms with E-state index in [4.69, 9.17) is 4.74 Å². The van der Waals surface area contributed by atoms with Gasteiger partial charge >= 0.3 is 5.97 Å². The highest BCUT2D eigenvalue weighted by molar-refractivity contribution is 5.94. The van der Waals surface area contributed by atoms with Crippen LogP contribution in [0.2, 0.25) is 0 Å². The summed E-state index contributed by atoms with van der Waals surface area (Å²) >= 11 is 0. The molecular weight excluding hydrogens is 426 g/mol. The van der Waals surface area contributed by atoms with Crippen LogP contribution in [0.1, 0.15) is 30.0 Å². The number of rotatable bonds is 7. The summed E-state index contributed by atoms with van der Waals surface area (Å²) in [4.78, 5) is 28.0. The van der Waals surface area contributed by atoms with Crippen molar-refractivity contribution in [1.29, 1.82) is 5.26 Å². The maximum Gasteiger partial charge on any atom is 0.305 e. The van der Waals surface area contributed by atoms with Gasteiger partial charge in [-0.05, 0) is 55.3 Å². The SMILES string of the molecule is COC(=O)CCc1ccc(N2C(C)=C(c3ccc(C#N)cc3)N(c3ccccc3)C2C=O)cc1. The van der Waals surface area contributed by atoms with Crippen LogP contribution in [0.15, 0.2) is 84.6 Å². The van der Waals surface area contributed by atoms with Crippen LogP contribution in [0.3, 0.4) is 0 Å². The fourth-order valence-corrected chi connectivity index (χ4v) is 4.30. The first-order valence-electron chi connectivity index (χ1n) is 11.0. The Balaban J connectivity index is 1.76. The van der Waals surface area contributed by atoms with Crippen molar-refractivity contribution in [3.63, 3.8) is 0 Å². The van der Waals surface area contributed by atoms with E-state index in [2.05, 4.69) is 6.07 Å². The Morgan fingerprint density at radius 3 is 2.21 bits per heavy atom. The van der Waals surface area contributed by atoms with Crippen molar-refractivity contribution in [2.75, 3.05) is 16.9 Å². The van der Waals surface area contributed by atoms with Crippen molar-refractivity contribution in [2.45, 2.75) is 25.9 Å². The third-order valence-electron chi connectivity index (χ3n) is 5.98. The largest absolute Gasteiger partial charge is 0.469 e. The second-order valence-corrected chi connectivity index (χ2v) is 7.99. The van der Waals surface area contributed by atoms with E-state index >= 15 is 0 Å². The minimum Gasteiger partial charge on any atom is -0.469 e. The number of anilines is 2. The molecule has 0 bridgehead atoms. The minimum absolute atomic E-state index is 0.242. The number of carbonyl (C=O) groups excluding carboxylic acids is 2. The van der Waals surface area contributed by atoms with E-state index in [1.165, 1.54) is 7.11 Å². The Morgan fingerprint density at radius 2 is 1.62 bits per heavy atom. The van der Waals surface area contributed by atoms with E-state index in [0.29, 0.717) is 18.4 Å². The summed E-state index contributed by atoms with van der Waals surface area (Å²) in [5.41, 5.74) is 6.12. The molecule has 1 atom stereocenters. The number of methoxy groups -OCH3 is 1. The highest BCUT2D eigenvalue weighted by atomic mass is 16.5. The Kier molecular flexibility index (Phi) is 6.74. The average Bonchev–Trinajstić information content (AvgIpc) is 3.20. The van der Waals surface area contributed by atoms with E-state index in [1.54, 1.807) is 12.1 Å². The number of nitriles is 1. The van der Waals surface area contributed by atoms with Gasteiger partial charge in [0.1, 0.15) is 0 Å². The normalized spacial score (nSPS) is 15.3. The van der Waals surface area contributed by atoms with Crippen LogP contribution in [0, 0.1) is 11.3 Å². The number of hydrogen-bond acceptors (Lipinski definition) is 6. The number of carbonyl (C=O) groups is 2.